The number of nitrogen functional groups attached to an aromatic ring is 1. The average molecular weight is 247 g/mol. The molecule has 0 radical (unpaired) electrons. The van der Waals surface area contributed by atoms with Crippen LogP contribution in [0, 0.1) is 6.92 Å². The van der Waals surface area contributed by atoms with Crippen molar-refractivity contribution in [2.75, 3.05) is 32.4 Å². The summed E-state index contributed by atoms with van der Waals surface area (Å²) < 4.78 is 0. The van der Waals surface area contributed by atoms with Crippen LogP contribution in [0.5, 0.6) is 0 Å². The molecule has 100 valence electrons. The third-order valence-electron chi connectivity index (χ3n) is 3.91. The molecular weight excluding hydrogens is 222 g/mol. The highest BCUT2D eigenvalue weighted by atomic mass is 15.2. The summed E-state index contributed by atoms with van der Waals surface area (Å²) >= 11 is 0. The zero-order chi connectivity index (χ0) is 13.1. The van der Waals surface area contributed by atoms with Gasteiger partial charge in [0.25, 0.3) is 0 Å². The fourth-order valence-electron chi connectivity index (χ4n) is 2.68. The third kappa shape index (κ3) is 3.24. The fourth-order valence-corrected chi connectivity index (χ4v) is 2.68. The predicted molar refractivity (Wildman–Crippen MR) is 77.6 cm³/mol. The molecule has 1 atom stereocenters. The first-order valence-corrected chi connectivity index (χ1v) is 6.84. The van der Waals surface area contributed by atoms with Crippen LogP contribution in [-0.4, -0.2) is 42.5 Å². The molecule has 0 amide bonds. The van der Waals surface area contributed by atoms with E-state index in [0.717, 1.165) is 18.8 Å². The Morgan fingerprint density at radius 2 is 2.11 bits per heavy atom. The number of rotatable bonds is 2. The van der Waals surface area contributed by atoms with Crippen molar-refractivity contribution in [3.05, 3.63) is 29.3 Å². The number of anilines is 1. The van der Waals surface area contributed by atoms with Gasteiger partial charge in [-0.3, -0.25) is 4.90 Å². The molecule has 3 nitrogen and oxygen atoms in total. The van der Waals surface area contributed by atoms with Gasteiger partial charge in [0.1, 0.15) is 0 Å². The standard InChI is InChI=1S/C15H25N3/c1-12-5-6-14(9-15(12)16)11-18-8-4-7-17(3)10-13(18)2/h5-6,9,13H,4,7-8,10-11,16H2,1-3H3. The van der Waals surface area contributed by atoms with Crippen LogP contribution in [0.2, 0.25) is 0 Å². The average Bonchev–Trinajstić information content (AvgIpc) is 2.46. The Hall–Kier alpha value is -1.06. The molecule has 0 aliphatic carbocycles. The Labute approximate surface area is 111 Å². The molecule has 1 aliphatic heterocycles. The zero-order valence-electron chi connectivity index (χ0n) is 11.8. The van der Waals surface area contributed by atoms with E-state index < -0.39 is 0 Å². The summed E-state index contributed by atoms with van der Waals surface area (Å²) in [5.41, 5.74) is 9.39. The minimum atomic E-state index is 0.611. The van der Waals surface area contributed by atoms with Crippen molar-refractivity contribution < 1.29 is 0 Å². The highest BCUT2D eigenvalue weighted by molar-refractivity contribution is 5.48. The Bertz CT molecular complexity index is 403. The van der Waals surface area contributed by atoms with E-state index in [2.05, 4.69) is 48.9 Å². The molecule has 1 aliphatic rings. The van der Waals surface area contributed by atoms with Gasteiger partial charge in [-0.2, -0.15) is 0 Å². The van der Waals surface area contributed by atoms with Crippen LogP contribution in [0.25, 0.3) is 0 Å². The molecule has 18 heavy (non-hydrogen) atoms. The summed E-state index contributed by atoms with van der Waals surface area (Å²) in [6, 6.07) is 7.06. The molecule has 0 aromatic heterocycles. The lowest BCUT2D eigenvalue weighted by molar-refractivity contribution is 0.194. The van der Waals surface area contributed by atoms with Gasteiger partial charge in [-0.25, -0.2) is 0 Å². The highest BCUT2D eigenvalue weighted by Crippen LogP contribution is 2.17. The van der Waals surface area contributed by atoms with Crippen molar-refractivity contribution in [2.45, 2.75) is 32.9 Å². The lowest BCUT2D eigenvalue weighted by atomic mass is 10.1. The molecule has 1 heterocycles. The second-order valence-corrected chi connectivity index (χ2v) is 5.63. The number of hydrogen-bond donors (Lipinski definition) is 1. The van der Waals surface area contributed by atoms with Gasteiger partial charge in [-0.1, -0.05) is 12.1 Å². The van der Waals surface area contributed by atoms with E-state index in [-0.39, 0.29) is 0 Å². The normalized spacial score (nSPS) is 22.9. The third-order valence-corrected chi connectivity index (χ3v) is 3.91. The van der Waals surface area contributed by atoms with Gasteiger partial charge in [-0.15, -0.1) is 0 Å². The number of nitrogens with two attached hydrogens (primary N) is 1. The number of likely N-dealkylation sites (N-methyl/N-ethyl adjacent to an activating group) is 1. The first kappa shape index (κ1) is 13.4. The number of aryl methyl sites for hydroxylation is 1. The zero-order valence-corrected chi connectivity index (χ0v) is 11.8. The molecule has 1 fully saturated rings. The first-order valence-electron chi connectivity index (χ1n) is 6.84. The van der Waals surface area contributed by atoms with E-state index in [1.807, 2.05) is 0 Å². The van der Waals surface area contributed by atoms with E-state index in [0.29, 0.717) is 6.04 Å². The topological polar surface area (TPSA) is 32.5 Å². The van der Waals surface area contributed by atoms with Crippen LogP contribution >= 0.6 is 0 Å². The molecular formula is C15H25N3. The van der Waals surface area contributed by atoms with Crippen LogP contribution in [-0.2, 0) is 6.54 Å². The van der Waals surface area contributed by atoms with Crippen LogP contribution in [0.15, 0.2) is 18.2 Å². The maximum Gasteiger partial charge on any atom is 0.0346 e. The fraction of sp³-hybridized carbons (Fsp3) is 0.600. The molecule has 0 bridgehead atoms. The van der Waals surface area contributed by atoms with E-state index in [4.69, 9.17) is 5.73 Å². The Kier molecular flexibility index (Phi) is 4.25. The molecule has 0 saturated carbocycles. The predicted octanol–water partition coefficient (Wildman–Crippen LogP) is 2.10. The Morgan fingerprint density at radius 3 is 2.83 bits per heavy atom. The maximum atomic E-state index is 5.99. The van der Waals surface area contributed by atoms with Gasteiger partial charge in [0.2, 0.25) is 0 Å². The van der Waals surface area contributed by atoms with Gasteiger partial charge in [-0.05, 0) is 51.1 Å². The molecule has 0 spiro atoms. The van der Waals surface area contributed by atoms with Crippen molar-refractivity contribution in [3.8, 4) is 0 Å². The molecule has 3 heteroatoms. The van der Waals surface area contributed by atoms with Crippen molar-refractivity contribution in [3.63, 3.8) is 0 Å². The Morgan fingerprint density at radius 1 is 1.33 bits per heavy atom. The Balaban J connectivity index is 2.05. The van der Waals surface area contributed by atoms with Crippen LogP contribution in [0.3, 0.4) is 0 Å². The van der Waals surface area contributed by atoms with Crippen molar-refractivity contribution in [2.24, 2.45) is 0 Å². The molecule has 2 rings (SSSR count). The van der Waals surface area contributed by atoms with Crippen LogP contribution in [0.1, 0.15) is 24.5 Å². The smallest absolute Gasteiger partial charge is 0.0346 e. The van der Waals surface area contributed by atoms with Gasteiger partial charge < -0.3 is 10.6 Å². The van der Waals surface area contributed by atoms with E-state index in [1.54, 1.807) is 0 Å². The molecule has 1 unspecified atom stereocenters. The summed E-state index contributed by atoms with van der Waals surface area (Å²) in [5, 5.41) is 0. The van der Waals surface area contributed by atoms with Crippen LogP contribution in [0.4, 0.5) is 5.69 Å². The SMILES string of the molecule is Cc1ccc(CN2CCCN(C)CC2C)cc1N. The molecule has 1 aromatic carbocycles. The highest BCUT2D eigenvalue weighted by Gasteiger charge is 2.19. The summed E-state index contributed by atoms with van der Waals surface area (Å²) in [4.78, 5) is 4.99. The minimum Gasteiger partial charge on any atom is -0.399 e. The van der Waals surface area contributed by atoms with Gasteiger partial charge >= 0.3 is 0 Å². The number of nitrogens with zero attached hydrogens (tertiary/aromatic N) is 2. The number of benzene rings is 1. The quantitative estimate of drug-likeness (QED) is 0.812. The van der Waals surface area contributed by atoms with Crippen molar-refractivity contribution in [1.82, 2.24) is 9.80 Å². The largest absolute Gasteiger partial charge is 0.399 e. The summed E-state index contributed by atoms with van der Waals surface area (Å²) in [5.74, 6) is 0. The summed E-state index contributed by atoms with van der Waals surface area (Å²) in [7, 11) is 2.21. The second kappa shape index (κ2) is 5.72. The molecule has 1 saturated heterocycles. The van der Waals surface area contributed by atoms with Crippen LogP contribution < -0.4 is 5.73 Å². The maximum absolute atomic E-state index is 5.99. The number of hydrogen-bond acceptors (Lipinski definition) is 3. The summed E-state index contributed by atoms with van der Waals surface area (Å²) in [6.07, 6.45) is 1.25. The lowest BCUT2D eigenvalue weighted by Crippen LogP contribution is -2.37. The van der Waals surface area contributed by atoms with E-state index in [9.17, 15) is 0 Å². The molecule has 1 aromatic rings. The van der Waals surface area contributed by atoms with E-state index in [1.165, 1.54) is 30.6 Å². The monoisotopic (exact) mass is 247 g/mol. The van der Waals surface area contributed by atoms with Gasteiger partial charge in [0.05, 0.1) is 0 Å². The minimum absolute atomic E-state index is 0.611. The van der Waals surface area contributed by atoms with Gasteiger partial charge in [0, 0.05) is 31.4 Å². The van der Waals surface area contributed by atoms with Crippen molar-refractivity contribution >= 4 is 5.69 Å². The van der Waals surface area contributed by atoms with Crippen molar-refractivity contribution in [1.29, 1.82) is 0 Å². The first-order chi connectivity index (χ1) is 8.56. The van der Waals surface area contributed by atoms with Gasteiger partial charge in [0.15, 0.2) is 0 Å². The summed E-state index contributed by atoms with van der Waals surface area (Å²) in [6.45, 7) is 8.93. The second-order valence-electron chi connectivity index (χ2n) is 5.63. The lowest BCUT2D eigenvalue weighted by Gasteiger charge is -2.28. The molecule has 2 N–H and O–H groups in total. The van der Waals surface area contributed by atoms with E-state index >= 15 is 0 Å².